The number of benzene rings is 1. The van der Waals surface area contributed by atoms with Crippen molar-refractivity contribution >= 4 is 11.8 Å². The van der Waals surface area contributed by atoms with Crippen LogP contribution in [0.25, 0.3) is 0 Å². The number of amides is 2. The molecule has 1 N–H and O–H groups in total. The van der Waals surface area contributed by atoms with Gasteiger partial charge in [-0.25, -0.2) is 4.39 Å². The van der Waals surface area contributed by atoms with Crippen molar-refractivity contribution in [3.05, 3.63) is 35.6 Å². The Kier molecular flexibility index (Phi) is 6.02. The lowest BCUT2D eigenvalue weighted by Crippen LogP contribution is -2.49. The van der Waals surface area contributed by atoms with E-state index >= 15 is 0 Å². The molecule has 2 heterocycles. The van der Waals surface area contributed by atoms with Gasteiger partial charge < -0.3 is 10.2 Å². The summed E-state index contributed by atoms with van der Waals surface area (Å²) in [5.74, 6) is -0.703. The van der Waals surface area contributed by atoms with Gasteiger partial charge in [0.15, 0.2) is 0 Å². The quantitative estimate of drug-likeness (QED) is 0.907. The number of carbonyl (C=O) groups is 2. The Morgan fingerprint density at radius 1 is 1.04 bits per heavy atom. The number of rotatable bonds is 4. The molecule has 2 aliphatic heterocycles. The van der Waals surface area contributed by atoms with Gasteiger partial charge in [-0.2, -0.15) is 0 Å². The van der Waals surface area contributed by atoms with Gasteiger partial charge in [-0.1, -0.05) is 18.6 Å². The molecule has 136 valence electrons. The molecule has 0 saturated carbocycles. The number of hydrogen-bond acceptors (Lipinski definition) is 3. The molecule has 2 fully saturated rings. The molecule has 2 aliphatic rings. The minimum Gasteiger partial charge on any atom is -0.349 e. The summed E-state index contributed by atoms with van der Waals surface area (Å²) in [5.41, 5.74) is 0.0751. The monoisotopic (exact) mass is 347 g/mol. The molecule has 2 amide bonds. The first kappa shape index (κ1) is 17.9. The maximum atomic E-state index is 13.7. The number of carbonyl (C=O) groups excluding carboxylic acids is 2. The lowest BCUT2D eigenvalue weighted by atomic mass is 10.0. The fourth-order valence-electron chi connectivity index (χ4n) is 3.59. The lowest BCUT2D eigenvalue weighted by molar-refractivity contribution is -0.133. The molecule has 1 aromatic carbocycles. The van der Waals surface area contributed by atoms with Crippen molar-refractivity contribution in [2.75, 3.05) is 32.7 Å². The van der Waals surface area contributed by atoms with Crippen LogP contribution in [0.15, 0.2) is 24.3 Å². The molecular weight excluding hydrogens is 321 g/mol. The number of likely N-dealkylation sites (tertiary alicyclic amines) is 2. The van der Waals surface area contributed by atoms with E-state index in [0.717, 1.165) is 13.1 Å². The summed E-state index contributed by atoms with van der Waals surface area (Å²) in [6.07, 6.45) is 5.05. The third kappa shape index (κ3) is 4.78. The van der Waals surface area contributed by atoms with Crippen LogP contribution in [0.1, 0.15) is 42.5 Å². The number of halogens is 1. The van der Waals surface area contributed by atoms with Crippen molar-refractivity contribution in [2.45, 2.75) is 38.1 Å². The van der Waals surface area contributed by atoms with Gasteiger partial charge in [0.2, 0.25) is 5.91 Å². The summed E-state index contributed by atoms with van der Waals surface area (Å²) in [6.45, 7) is 3.83. The molecule has 6 heteroatoms. The highest BCUT2D eigenvalue weighted by Crippen LogP contribution is 2.14. The fourth-order valence-corrected chi connectivity index (χ4v) is 3.59. The summed E-state index contributed by atoms with van der Waals surface area (Å²) >= 11 is 0. The smallest absolute Gasteiger partial charge is 0.254 e. The number of nitrogens with one attached hydrogen (secondary N) is 1. The topological polar surface area (TPSA) is 52.7 Å². The van der Waals surface area contributed by atoms with Crippen molar-refractivity contribution in [3.8, 4) is 0 Å². The second-order valence-electron chi connectivity index (χ2n) is 6.95. The van der Waals surface area contributed by atoms with Crippen molar-refractivity contribution < 1.29 is 14.0 Å². The van der Waals surface area contributed by atoms with E-state index in [1.165, 1.54) is 31.4 Å². The van der Waals surface area contributed by atoms with Gasteiger partial charge in [-0.3, -0.25) is 14.5 Å². The summed E-state index contributed by atoms with van der Waals surface area (Å²) in [6, 6.07) is 5.99. The molecule has 0 unspecified atom stereocenters. The van der Waals surface area contributed by atoms with Crippen LogP contribution in [0.5, 0.6) is 0 Å². The summed E-state index contributed by atoms with van der Waals surface area (Å²) < 4.78 is 13.7. The van der Waals surface area contributed by atoms with E-state index in [4.69, 9.17) is 0 Å². The summed E-state index contributed by atoms with van der Waals surface area (Å²) in [7, 11) is 0. The maximum absolute atomic E-state index is 13.7. The highest BCUT2D eigenvalue weighted by molar-refractivity contribution is 5.94. The number of piperidine rings is 2. The summed E-state index contributed by atoms with van der Waals surface area (Å²) in [4.78, 5) is 28.7. The fraction of sp³-hybridized carbons (Fsp3) is 0.579. The van der Waals surface area contributed by atoms with Crippen molar-refractivity contribution in [1.82, 2.24) is 15.1 Å². The van der Waals surface area contributed by atoms with Gasteiger partial charge in [0, 0.05) is 19.1 Å². The Morgan fingerprint density at radius 2 is 1.72 bits per heavy atom. The van der Waals surface area contributed by atoms with E-state index in [1.54, 1.807) is 12.1 Å². The molecule has 0 aliphatic carbocycles. The third-order valence-corrected chi connectivity index (χ3v) is 5.11. The Labute approximate surface area is 148 Å². The van der Waals surface area contributed by atoms with Gasteiger partial charge in [0.25, 0.3) is 5.91 Å². The van der Waals surface area contributed by atoms with Crippen molar-refractivity contribution in [1.29, 1.82) is 0 Å². The molecule has 5 nitrogen and oxygen atoms in total. The van der Waals surface area contributed by atoms with Crippen LogP contribution < -0.4 is 5.32 Å². The molecule has 1 aromatic rings. The molecule has 0 spiro atoms. The number of nitrogens with zero attached hydrogens (tertiary/aromatic N) is 2. The Bertz CT molecular complexity index is 608. The van der Waals surface area contributed by atoms with E-state index < -0.39 is 5.82 Å². The lowest BCUT2D eigenvalue weighted by Gasteiger charge is -2.34. The Hall–Kier alpha value is -1.95. The molecule has 0 atom stereocenters. The molecule has 2 saturated heterocycles. The largest absolute Gasteiger partial charge is 0.349 e. The maximum Gasteiger partial charge on any atom is 0.254 e. The third-order valence-electron chi connectivity index (χ3n) is 5.11. The van der Waals surface area contributed by atoms with E-state index in [2.05, 4.69) is 10.2 Å². The zero-order chi connectivity index (χ0) is 17.6. The average Bonchev–Trinajstić information content (AvgIpc) is 2.63. The van der Waals surface area contributed by atoms with E-state index in [-0.39, 0.29) is 23.4 Å². The summed E-state index contributed by atoms with van der Waals surface area (Å²) in [5, 5.41) is 2.89. The standard InChI is InChI=1S/C19H26FN3O2/c20-17-7-3-2-6-16(17)19(25)21-15-8-12-23(13-9-15)18(24)14-22-10-4-1-5-11-22/h2-3,6-7,15H,1,4-5,8-14H2,(H,21,25). The predicted molar refractivity (Wildman–Crippen MR) is 93.8 cm³/mol. The molecular formula is C19H26FN3O2. The van der Waals surface area contributed by atoms with Gasteiger partial charge in [-0.15, -0.1) is 0 Å². The molecule has 25 heavy (non-hydrogen) atoms. The normalized spacial score (nSPS) is 19.6. The first-order valence-corrected chi connectivity index (χ1v) is 9.19. The van der Waals surface area contributed by atoms with Crippen LogP contribution in [0.4, 0.5) is 4.39 Å². The molecule has 0 aromatic heterocycles. The van der Waals surface area contributed by atoms with Gasteiger partial charge >= 0.3 is 0 Å². The van der Waals surface area contributed by atoms with Crippen molar-refractivity contribution in [2.24, 2.45) is 0 Å². The Balaban J connectivity index is 1.44. The molecule has 0 radical (unpaired) electrons. The average molecular weight is 347 g/mol. The van der Waals surface area contributed by atoms with Crippen LogP contribution in [0, 0.1) is 5.82 Å². The molecule has 3 rings (SSSR count). The van der Waals surface area contributed by atoms with Crippen molar-refractivity contribution in [3.63, 3.8) is 0 Å². The van der Waals surface area contributed by atoms with Gasteiger partial charge in [-0.05, 0) is 50.9 Å². The molecule has 0 bridgehead atoms. The highest BCUT2D eigenvalue weighted by Gasteiger charge is 2.26. The minimum absolute atomic E-state index is 0.00820. The highest BCUT2D eigenvalue weighted by atomic mass is 19.1. The SMILES string of the molecule is O=C(NC1CCN(C(=O)CN2CCCCC2)CC1)c1ccccc1F. The predicted octanol–water partition coefficient (Wildman–Crippen LogP) is 2.03. The first-order valence-electron chi connectivity index (χ1n) is 9.19. The van der Waals surface area contributed by atoms with Gasteiger partial charge in [0.05, 0.1) is 12.1 Å². The van der Waals surface area contributed by atoms with Crippen LogP contribution in [0.3, 0.4) is 0 Å². The zero-order valence-corrected chi connectivity index (χ0v) is 14.5. The van der Waals surface area contributed by atoms with E-state index in [0.29, 0.717) is 32.5 Å². The van der Waals surface area contributed by atoms with Crippen LogP contribution in [0.2, 0.25) is 0 Å². The number of hydrogen-bond donors (Lipinski definition) is 1. The van der Waals surface area contributed by atoms with Crippen LogP contribution in [-0.2, 0) is 4.79 Å². The minimum atomic E-state index is -0.505. The Morgan fingerprint density at radius 3 is 2.40 bits per heavy atom. The van der Waals surface area contributed by atoms with Crippen LogP contribution in [-0.4, -0.2) is 60.4 Å². The second kappa shape index (κ2) is 8.43. The second-order valence-corrected chi connectivity index (χ2v) is 6.95. The first-order chi connectivity index (χ1) is 12.1. The van der Waals surface area contributed by atoms with E-state index in [9.17, 15) is 14.0 Å². The zero-order valence-electron chi connectivity index (χ0n) is 14.5. The van der Waals surface area contributed by atoms with Gasteiger partial charge in [0.1, 0.15) is 5.82 Å². The van der Waals surface area contributed by atoms with Crippen LogP contribution >= 0.6 is 0 Å². The van der Waals surface area contributed by atoms with E-state index in [1.807, 2.05) is 4.90 Å².